The molecule has 7 heteroatoms. The zero-order valence-corrected chi connectivity index (χ0v) is 15.4. The number of nitrogens with zero attached hydrogens (tertiary/aromatic N) is 1. The van der Waals surface area contributed by atoms with E-state index in [4.69, 9.17) is 15.2 Å². The minimum atomic E-state index is -0.525. The fourth-order valence-corrected chi connectivity index (χ4v) is 3.05. The Morgan fingerprint density at radius 2 is 2.11 bits per heavy atom. The van der Waals surface area contributed by atoms with E-state index in [0.29, 0.717) is 42.3 Å². The highest BCUT2D eigenvalue weighted by Crippen LogP contribution is 2.29. The Morgan fingerprint density at radius 3 is 2.78 bits per heavy atom. The maximum absolute atomic E-state index is 12.5. The zero-order valence-electron chi connectivity index (χ0n) is 15.4. The third-order valence-corrected chi connectivity index (χ3v) is 4.41. The number of amides is 2. The first-order valence-electron chi connectivity index (χ1n) is 8.81. The largest absolute Gasteiger partial charge is 0.439 e. The van der Waals surface area contributed by atoms with Crippen LogP contribution >= 0.6 is 0 Å². The van der Waals surface area contributed by atoms with Crippen molar-refractivity contribution in [2.75, 3.05) is 11.9 Å². The highest BCUT2D eigenvalue weighted by molar-refractivity contribution is 5.93. The smallest absolute Gasteiger partial charge is 0.248 e. The van der Waals surface area contributed by atoms with E-state index >= 15 is 0 Å². The number of benzene rings is 1. The number of hydrogen-bond donors (Lipinski definition) is 2. The fraction of sp³-hybridized carbons (Fsp3) is 0.350. The van der Waals surface area contributed by atoms with Crippen molar-refractivity contribution in [3.05, 3.63) is 48.2 Å². The van der Waals surface area contributed by atoms with Crippen LogP contribution in [0.4, 0.5) is 5.69 Å². The normalized spacial score (nSPS) is 18.5. The van der Waals surface area contributed by atoms with Crippen molar-refractivity contribution in [2.24, 2.45) is 11.7 Å². The number of carbonyl (C=O) groups excluding carboxylic acids is 2. The summed E-state index contributed by atoms with van der Waals surface area (Å²) in [5.41, 5.74) is 5.94. The second kappa shape index (κ2) is 7.75. The molecule has 0 radical (unpaired) electrons. The SMILES string of the molecule is CC1(C)C[C@H](C(=O)Nc2ccc(Oc3cccc(C(N)=O)c3)nc2)CCO1. The molecule has 3 rings (SSSR count). The molecule has 0 spiro atoms. The van der Waals surface area contributed by atoms with E-state index in [1.807, 2.05) is 13.8 Å². The number of nitrogens with two attached hydrogens (primary N) is 1. The molecule has 1 atom stereocenters. The molecule has 1 aliphatic heterocycles. The predicted molar refractivity (Wildman–Crippen MR) is 101 cm³/mol. The van der Waals surface area contributed by atoms with Crippen LogP contribution in [0, 0.1) is 5.92 Å². The number of anilines is 1. The second-order valence-electron chi connectivity index (χ2n) is 7.17. The van der Waals surface area contributed by atoms with Crippen LogP contribution in [-0.2, 0) is 9.53 Å². The van der Waals surface area contributed by atoms with Crippen LogP contribution in [0.1, 0.15) is 37.0 Å². The lowest BCUT2D eigenvalue weighted by Crippen LogP contribution is -2.39. The number of hydrogen-bond acceptors (Lipinski definition) is 5. The zero-order chi connectivity index (χ0) is 19.4. The molecule has 2 heterocycles. The molecule has 1 saturated heterocycles. The highest BCUT2D eigenvalue weighted by atomic mass is 16.5. The predicted octanol–water partition coefficient (Wildman–Crippen LogP) is 3.12. The summed E-state index contributed by atoms with van der Waals surface area (Å²) in [7, 11) is 0. The van der Waals surface area contributed by atoms with Gasteiger partial charge in [-0.25, -0.2) is 4.98 Å². The summed E-state index contributed by atoms with van der Waals surface area (Å²) in [6.45, 7) is 4.57. The van der Waals surface area contributed by atoms with Crippen molar-refractivity contribution in [1.29, 1.82) is 0 Å². The summed E-state index contributed by atoms with van der Waals surface area (Å²) >= 11 is 0. The van der Waals surface area contributed by atoms with Gasteiger partial charge in [-0.05, 0) is 51.0 Å². The topological polar surface area (TPSA) is 104 Å². The van der Waals surface area contributed by atoms with Crippen molar-refractivity contribution < 1.29 is 19.1 Å². The van der Waals surface area contributed by atoms with Crippen LogP contribution in [0.5, 0.6) is 11.6 Å². The van der Waals surface area contributed by atoms with Gasteiger partial charge in [0.1, 0.15) is 5.75 Å². The Kier molecular flexibility index (Phi) is 5.41. The quantitative estimate of drug-likeness (QED) is 0.843. The van der Waals surface area contributed by atoms with Gasteiger partial charge in [-0.2, -0.15) is 0 Å². The standard InChI is InChI=1S/C20H23N3O4/c1-20(2)11-14(8-9-26-20)19(25)23-15-6-7-17(22-12-15)27-16-5-3-4-13(10-16)18(21)24/h3-7,10,12,14H,8-9,11H2,1-2H3,(H2,21,24)(H,23,25)/t14-/m1/s1. The first kappa shape index (κ1) is 18.8. The summed E-state index contributed by atoms with van der Waals surface area (Å²) in [5, 5.41) is 2.89. The summed E-state index contributed by atoms with van der Waals surface area (Å²) in [6.07, 6.45) is 2.93. The molecule has 2 aromatic rings. The molecule has 0 saturated carbocycles. The van der Waals surface area contributed by atoms with E-state index in [-0.39, 0.29) is 17.4 Å². The molecule has 0 unspecified atom stereocenters. The molecular weight excluding hydrogens is 346 g/mol. The number of rotatable bonds is 5. The molecule has 0 aliphatic carbocycles. The van der Waals surface area contributed by atoms with Gasteiger partial charge in [0.05, 0.1) is 17.5 Å². The summed E-state index contributed by atoms with van der Waals surface area (Å²) in [4.78, 5) is 27.9. The van der Waals surface area contributed by atoms with Gasteiger partial charge in [-0.3, -0.25) is 9.59 Å². The van der Waals surface area contributed by atoms with Crippen molar-refractivity contribution >= 4 is 17.5 Å². The van der Waals surface area contributed by atoms with Gasteiger partial charge >= 0.3 is 0 Å². The van der Waals surface area contributed by atoms with E-state index in [2.05, 4.69) is 10.3 Å². The average molecular weight is 369 g/mol. The number of aromatic nitrogens is 1. The van der Waals surface area contributed by atoms with E-state index < -0.39 is 5.91 Å². The molecule has 1 aliphatic rings. The van der Waals surface area contributed by atoms with Crippen LogP contribution in [0.3, 0.4) is 0 Å². The van der Waals surface area contributed by atoms with Gasteiger partial charge in [-0.1, -0.05) is 6.07 Å². The third-order valence-electron chi connectivity index (χ3n) is 4.41. The molecular formula is C20H23N3O4. The molecule has 3 N–H and O–H groups in total. The van der Waals surface area contributed by atoms with Gasteiger partial charge < -0.3 is 20.5 Å². The monoisotopic (exact) mass is 369 g/mol. The van der Waals surface area contributed by atoms with Crippen LogP contribution in [-0.4, -0.2) is 29.0 Å². The lowest BCUT2D eigenvalue weighted by Gasteiger charge is -2.34. The van der Waals surface area contributed by atoms with Crippen molar-refractivity contribution in [3.8, 4) is 11.6 Å². The summed E-state index contributed by atoms with van der Waals surface area (Å²) in [5.74, 6) is 0.168. The molecule has 1 aromatic heterocycles. The molecule has 27 heavy (non-hydrogen) atoms. The Morgan fingerprint density at radius 1 is 1.30 bits per heavy atom. The lowest BCUT2D eigenvalue weighted by atomic mass is 9.88. The van der Waals surface area contributed by atoms with Gasteiger partial charge in [0.25, 0.3) is 0 Å². The van der Waals surface area contributed by atoms with E-state index in [0.717, 1.165) is 0 Å². The van der Waals surface area contributed by atoms with Crippen molar-refractivity contribution in [2.45, 2.75) is 32.3 Å². The Labute approximate surface area is 157 Å². The summed E-state index contributed by atoms with van der Waals surface area (Å²) in [6, 6.07) is 9.92. The minimum Gasteiger partial charge on any atom is -0.439 e. The number of ether oxygens (including phenoxy) is 2. The molecule has 1 fully saturated rings. The molecule has 7 nitrogen and oxygen atoms in total. The van der Waals surface area contributed by atoms with Crippen molar-refractivity contribution in [1.82, 2.24) is 4.98 Å². The Hall–Kier alpha value is -2.93. The summed E-state index contributed by atoms with van der Waals surface area (Å²) < 4.78 is 11.3. The number of primary amides is 1. The van der Waals surface area contributed by atoms with Crippen molar-refractivity contribution in [3.63, 3.8) is 0 Å². The minimum absolute atomic E-state index is 0.0315. The fourth-order valence-electron chi connectivity index (χ4n) is 3.05. The van der Waals surface area contributed by atoms with E-state index in [1.54, 1.807) is 36.4 Å². The van der Waals surface area contributed by atoms with Crippen LogP contribution in [0.25, 0.3) is 0 Å². The van der Waals surface area contributed by atoms with Gasteiger partial charge in [0.15, 0.2) is 0 Å². The van der Waals surface area contributed by atoms with Crippen LogP contribution < -0.4 is 15.8 Å². The van der Waals surface area contributed by atoms with E-state index in [9.17, 15) is 9.59 Å². The van der Waals surface area contributed by atoms with Gasteiger partial charge in [0.2, 0.25) is 17.7 Å². The third kappa shape index (κ3) is 5.04. The molecule has 142 valence electrons. The number of pyridine rings is 1. The first-order valence-corrected chi connectivity index (χ1v) is 8.81. The van der Waals surface area contributed by atoms with Gasteiger partial charge in [-0.15, -0.1) is 0 Å². The lowest BCUT2D eigenvalue weighted by molar-refractivity contribution is -0.130. The van der Waals surface area contributed by atoms with Crippen LogP contribution in [0.15, 0.2) is 42.6 Å². The molecule has 1 aromatic carbocycles. The molecule has 2 amide bonds. The first-order chi connectivity index (χ1) is 12.8. The Balaban J connectivity index is 1.61. The van der Waals surface area contributed by atoms with Crippen LogP contribution in [0.2, 0.25) is 0 Å². The highest BCUT2D eigenvalue weighted by Gasteiger charge is 2.32. The maximum Gasteiger partial charge on any atom is 0.248 e. The van der Waals surface area contributed by atoms with Gasteiger partial charge in [0, 0.05) is 24.2 Å². The number of carbonyl (C=O) groups is 2. The number of nitrogens with one attached hydrogen (secondary N) is 1. The molecule has 0 bridgehead atoms. The Bertz CT molecular complexity index is 833. The maximum atomic E-state index is 12.5. The van der Waals surface area contributed by atoms with E-state index in [1.165, 1.54) is 6.20 Å². The second-order valence-corrected chi connectivity index (χ2v) is 7.17. The average Bonchev–Trinajstić information content (AvgIpc) is 2.62.